The summed E-state index contributed by atoms with van der Waals surface area (Å²) in [7, 11) is 0. The van der Waals surface area contributed by atoms with Crippen molar-refractivity contribution in [1.29, 1.82) is 0 Å². The molecular formula is C26H28F2N6O. The summed E-state index contributed by atoms with van der Waals surface area (Å²) in [6.07, 6.45) is 0.612. The Kier molecular flexibility index (Phi) is 7.36. The first kappa shape index (κ1) is 24.3. The summed E-state index contributed by atoms with van der Waals surface area (Å²) in [5, 5.41) is 13.8. The van der Waals surface area contributed by atoms with Gasteiger partial charge in [0.1, 0.15) is 19.2 Å². The highest BCUT2D eigenvalue weighted by Gasteiger charge is 2.19. The molecule has 2 aromatic heterocycles. The van der Waals surface area contributed by atoms with Crippen LogP contribution in [0.4, 0.5) is 20.3 Å². The highest BCUT2D eigenvalue weighted by atomic mass is 19.1. The minimum Gasteiger partial charge on any atom is -0.384 e. The molecule has 4 rings (SSSR count). The lowest BCUT2D eigenvalue weighted by Gasteiger charge is -2.16. The van der Waals surface area contributed by atoms with Gasteiger partial charge in [0, 0.05) is 23.4 Å². The first-order valence-electron chi connectivity index (χ1n) is 11.4. The number of amides is 1. The van der Waals surface area contributed by atoms with Gasteiger partial charge < -0.3 is 16.4 Å². The van der Waals surface area contributed by atoms with Gasteiger partial charge in [0.15, 0.2) is 5.65 Å². The van der Waals surface area contributed by atoms with Crippen molar-refractivity contribution in [3.05, 3.63) is 70.3 Å². The molecule has 0 saturated carbocycles. The number of hydrogen-bond donors (Lipinski definition) is 4. The Bertz CT molecular complexity index is 1370. The lowest BCUT2D eigenvalue weighted by atomic mass is 9.94. The maximum atomic E-state index is 13.0. The van der Waals surface area contributed by atoms with Crippen LogP contribution in [0.2, 0.25) is 0 Å². The van der Waals surface area contributed by atoms with E-state index in [4.69, 9.17) is 10.7 Å². The number of anilines is 2. The Morgan fingerprint density at radius 1 is 1.11 bits per heavy atom. The number of fused-ring (bicyclic) bond motifs is 1. The molecule has 0 spiro atoms. The number of aryl methyl sites for hydroxylation is 2. The van der Waals surface area contributed by atoms with Crippen LogP contribution in [0.25, 0.3) is 22.3 Å². The minimum atomic E-state index is -0.635. The van der Waals surface area contributed by atoms with Crippen LogP contribution in [0.3, 0.4) is 0 Å². The minimum absolute atomic E-state index is 0.280. The molecule has 1 amide bonds. The summed E-state index contributed by atoms with van der Waals surface area (Å²) in [5.74, 6) is 0.119. The summed E-state index contributed by atoms with van der Waals surface area (Å²) in [6, 6.07) is 12.1. The molecule has 0 fully saturated rings. The van der Waals surface area contributed by atoms with Gasteiger partial charge in [-0.05, 0) is 73.3 Å². The summed E-state index contributed by atoms with van der Waals surface area (Å²) in [6.45, 7) is 3.72. The monoisotopic (exact) mass is 478 g/mol. The van der Waals surface area contributed by atoms with E-state index in [-0.39, 0.29) is 12.5 Å². The normalized spacial score (nSPS) is 11.2. The number of H-pyrrole nitrogens is 1. The standard InChI is InChI=1S/C26H28F2N6O/c1-15-6-7-19(31-26(35)18-5-3-4-17(12-18)14-28)13-21(15)23-20(8-10-30-11-9-27)16(2)22-24(29)33-34-25(22)32-23/h3-7,12-13,30H,8-11,14H2,1-2H3,(H,31,35)(H3,29,32,33,34). The van der Waals surface area contributed by atoms with Crippen molar-refractivity contribution >= 4 is 28.4 Å². The predicted octanol–water partition coefficient (Wildman–Crippen LogP) is 4.65. The van der Waals surface area contributed by atoms with Crippen molar-refractivity contribution in [1.82, 2.24) is 20.5 Å². The van der Waals surface area contributed by atoms with Gasteiger partial charge in [-0.1, -0.05) is 18.2 Å². The number of pyridine rings is 1. The third-order valence-corrected chi connectivity index (χ3v) is 6.02. The third kappa shape index (κ3) is 5.14. The summed E-state index contributed by atoms with van der Waals surface area (Å²) < 4.78 is 25.6. The van der Waals surface area contributed by atoms with Gasteiger partial charge in [0.2, 0.25) is 0 Å². The number of carbonyl (C=O) groups is 1. The average molecular weight is 479 g/mol. The van der Waals surface area contributed by atoms with Crippen LogP contribution < -0.4 is 16.4 Å². The van der Waals surface area contributed by atoms with Crippen molar-refractivity contribution in [3.8, 4) is 11.3 Å². The fourth-order valence-corrected chi connectivity index (χ4v) is 4.19. The van der Waals surface area contributed by atoms with Crippen LogP contribution in [0.5, 0.6) is 0 Å². The highest BCUT2D eigenvalue weighted by Crippen LogP contribution is 2.34. The van der Waals surface area contributed by atoms with E-state index in [0.717, 1.165) is 33.3 Å². The van der Waals surface area contributed by atoms with Gasteiger partial charge in [0.05, 0.1) is 11.1 Å². The number of aromatic amines is 1. The molecule has 0 radical (unpaired) electrons. The highest BCUT2D eigenvalue weighted by molar-refractivity contribution is 6.04. The quantitative estimate of drug-likeness (QED) is 0.262. The number of aromatic nitrogens is 3. The van der Waals surface area contributed by atoms with Crippen LogP contribution in [0.1, 0.15) is 32.6 Å². The summed E-state index contributed by atoms with van der Waals surface area (Å²) in [4.78, 5) is 17.6. The molecule has 2 heterocycles. The number of nitrogens with two attached hydrogens (primary N) is 1. The van der Waals surface area contributed by atoms with E-state index in [1.54, 1.807) is 18.2 Å². The van der Waals surface area contributed by atoms with E-state index >= 15 is 0 Å². The molecular weight excluding hydrogens is 450 g/mol. The molecule has 2 aromatic carbocycles. The van der Waals surface area contributed by atoms with Gasteiger partial charge >= 0.3 is 0 Å². The number of rotatable bonds is 9. The molecule has 4 aromatic rings. The average Bonchev–Trinajstić information content (AvgIpc) is 3.24. The molecule has 0 saturated heterocycles. The number of nitrogen functional groups attached to an aromatic ring is 1. The lowest BCUT2D eigenvalue weighted by Crippen LogP contribution is -2.20. The number of nitrogens with zero attached hydrogens (tertiary/aromatic N) is 2. The molecule has 0 atom stereocenters. The number of halogens is 2. The number of hydrogen-bond acceptors (Lipinski definition) is 5. The van der Waals surface area contributed by atoms with E-state index in [2.05, 4.69) is 20.8 Å². The molecule has 0 aliphatic heterocycles. The summed E-state index contributed by atoms with van der Waals surface area (Å²) in [5.41, 5.74) is 12.5. The Morgan fingerprint density at radius 3 is 2.71 bits per heavy atom. The molecule has 0 aliphatic carbocycles. The van der Waals surface area contributed by atoms with Crippen molar-refractivity contribution in [2.75, 3.05) is 30.8 Å². The molecule has 0 bridgehead atoms. The zero-order valence-corrected chi connectivity index (χ0v) is 19.7. The van der Waals surface area contributed by atoms with Gasteiger partial charge in [-0.3, -0.25) is 9.89 Å². The number of benzene rings is 2. The fourth-order valence-electron chi connectivity index (χ4n) is 4.19. The van der Waals surface area contributed by atoms with E-state index in [0.29, 0.717) is 41.2 Å². The first-order chi connectivity index (χ1) is 16.9. The van der Waals surface area contributed by atoms with E-state index in [1.165, 1.54) is 6.07 Å². The lowest BCUT2D eigenvalue weighted by molar-refractivity contribution is 0.102. The van der Waals surface area contributed by atoms with Gasteiger partial charge in [0.25, 0.3) is 5.91 Å². The zero-order valence-electron chi connectivity index (χ0n) is 19.7. The Hall–Kier alpha value is -3.85. The second-order valence-electron chi connectivity index (χ2n) is 8.41. The Labute approximate surface area is 202 Å². The molecule has 0 aliphatic rings. The SMILES string of the molecule is Cc1ccc(NC(=O)c2cccc(CF)c2)cc1-c1nc2n[nH]c(N)c2c(C)c1CCNCCF. The molecule has 35 heavy (non-hydrogen) atoms. The summed E-state index contributed by atoms with van der Waals surface area (Å²) >= 11 is 0. The van der Waals surface area contributed by atoms with Gasteiger partial charge in [-0.2, -0.15) is 5.10 Å². The smallest absolute Gasteiger partial charge is 0.255 e. The molecule has 5 N–H and O–H groups in total. The fraction of sp³-hybridized carbons (Fsp3) is 0.269. The predicted molar refractivity (Wildman–Crippen MR) is 135 cm³/mol. The van der Waals surface area contributed by atoms with Crippen molar-refractivity contribution < 1.29 is 13.6 Å². The molecule has 7 nitrogen and oxygen atoms in total. The van der Waals surface area contributed by atoms with Crippen LogP contribution in [-0.4, -0.2) is 40.9 Å². The Balaban J connectivity index is 1.73. The molecule has 182 valence electrons. The molecule has 9 heteroatoms. The third-order valence-electron chi connectivity index (χ3n) is 6.02. The number of nitrogens with one attached hydrogen (secondary N) is 3. The van der Waals surface area contributed by atoms with E-state index < -0.39 is 13.3 Å². The second-order valence-corrected chi connectivity index (χ2v) is 8.41. The largest absolute Gasteiger partial charge is 0.384 e. The first-order valence-corrected chi connectivity index (χ1v) is 11.4. The van der Waals surface area contributed by atoms with E-state index in [9.17, 15) is 13.6 Å². The van der Waals surface area contributed by atoms with Crippen LogP contribution in [0, 0.1) is 13.8 Å². The number of carbonyl (C=O) groups excluding carboxylic acids is 1. The molecule has 0 unspecified atom stereocenters. The zero-order chi connectivity index (χ0) is 24.9. The van der Waals surface area contributed by atoms with Crippen molar-refractivity contribution in [3.63, 3.8) is 0 Å². The van der Waals surface area contributed by atoms with Crippen molar-refractivity contribution in [2.45, 2.75) is 26.9 Å². The second kappa shape index (κ2) is 10.6. The maximum absolute atomic E-state index is 13.0. The van der Waals surface area contributed by atoms with Crippen LogP contribution >= 0.6 is 0 Å². The van der Waals surface area contributed by atoms with E-state index in [1.807, 2.05) is 32.0 Å². The van der Waals surface area contributed by atoms with Crippen LogP contribution in [0.15, 0.2) is 42.5 Å². The van der Waals surface area contributed by atoms with Gasteiger partial charge in [-0.25, -0.2) is 13.8 Å². The van der Waals surface area contributed by atoms with Crippen LogP contribution in [-0.2, 0) is 13.1 Å². The van der Waals surface area contributed by atoms with Crippen molar-refractivity contribution in [2.24, 2.45) is 0 Å². The topological polar surface area (TPSA) is 109 Å². The van der Waals surface area contributed by atoms with Gasteiger partial charge in [-0.15, -0.1) is 0 Å². The Morgan fingerprint density at radius 2 is 1.94 bits per heavy atom. The maximum Gasteiger partial charge on any atom is 0.255 e. The number of alkyl halides is 2.